The number of carbonyl (C=O) groups is 1. The molecule has 0 aliphatic rings. The molecule has 0 aromatic heterocycles. The van der Waals surface area contributed by atoms with Crippen LogP contribution in [0.4, 0.5) is 0 Å². The normalized spacial score (nSPS) is 15.2. The summed E-state index contributed by atoms with van der Waals surface area (Å²) in [5.41, 5.74) is 0. The zero-order chi connectivity index (χ0) is 11.7. The Morgan fingerprint density at radius 3 is 2.67 bits per heavy atom. The van der Waals surface area contributed by atoms with Crippen LogP contribution in [0.5, 0.6) is 0 Å². The molecule has 0 bridgehead atoms. The van der Waals surface area contributed by atoms with Gasteiger partial charge in [-0.3, -0.25) is 4.79 Å². The van der Waals surface area contributed by atoms with E-state index in [-0.39, 0.29) is 12.6 Å². The van der Waals surface area contributed by atoms with Gasteiger partial charge >= 0.3 is 8.56 Å². The summed E-state index contributed by atoms with van der Waals surface area (Å²) < 4.78 is 11.0. The smallest absolute Gasteiger partial charge is 0.335 e. The summed E-state index contributed by atoms with van der Waals surface area (Å²) in [5, 5.41) is 2.64. The highest BCUT2D eigenvalue weighted by Crippen LogP contribution is 2.13. The third kappa shape index (κ3) is 6.43. The van der Waals surface area contributed by atoms with Crippen LogP contribution in [0, 0.1) is 0 Å². The van der Waals surface area contributed by atoms with E-state index >= 15 is 0 Å². The van der Waals surface area contributed by atoms with Crippen molar-refractivity contribution < 1.29 is 13.6 Å². The van der Waals surface area contributed by atoms with Gasteiger partial charge in [-0.15, -0.1) is 0 Å². The Morgan fingerprint density at radius 1 is 1.53 bits per heavy atom. The molecule has 0 spiro atoms. The average molecular weight is 231 g/mol. The SMILES string of the molecule is CC=CC(=O)NCO[Si](C)(CCC)OC. The molecule has 88 valence electrons. The van der Waals surface area contributed by atoms with Crippen molar-refractivity contribution in [3.63, 3.8) is 0 Å². The molecule has 0 saturated carbocycles. The minimum Gasteiger partial charge on any atom is -0.398 e. The predicted molar refractivity (Wildman–Crippen MR) is 62.6 cm³/mol. The van der Waals surface area contributed by atoms with Crippen LogP contribution in [0.2, 0.25) is 12.6 Å². The fraction of sp³-hybridized carbons (Fsp3) is 0.700. The number of amides is 1. The first-order valence-corrected chi connectivity index (χ1v) is 7.70. The molecular weight excluding hydrogens is 210 g/mol. The Balaban J connectivity index is 3.86. The van der Waals surface area contributed by atoms with Crippen LogP contribution >= 0.6 is 0 Å². The van der Waals surface area contributed by atoms with Crippen molar-refractivity contribution in [3.05, 3.63) is 12.2 Å². The molecule has 0 fully saturated rings. The predicted octanol–water partition coefficient (Wildman–Crippen LogP) is 1.78. The number of nitrogens with one attached hydrogen (secondary N) is 1. The largest absolute Gasteiger partial charge is 0.398 e. The highest BCUT2D eigenvalue weighted by molar-refractivity contribution is 6.65. The third-order valence-electron chi connectivity index (χ3n) is 2.08. The number of hydrogen-bond donors (Lipinski definition) is 1. The van der Waals surface area contributed by atoms with E-state index in [9.17, 15) is 4.79 Å². The molecular formula is C10H21NO3Si. The Hall–Kier alpha value is -0.653. The van der Waals surface area contributed by atoms with Gasteiger partial charge in [0.15, 0.2) is 0 Å². The van der Waals surface area contributed by atoms with E-state index in [0.717, 1.165) is 12.5 Å². The van der Waals surface area contributed by atoms with Crippen LogP contribution in [0.25, 0.3) is 0 Å². The lowest BCUT2D eigenvalue weighted by molar-refractivity contribution is -0.117. The summed E-state index contributed by atoms with van der Waals surface area (Å²) in [7, 11) is -0.390. The van der Waals surface area contributed by atoms with Crippen LogP contribution in [0.1, 0.15) is 20.3 Å². The van der Waals surface area contributed by atoms with Crippen LogP contribution < -0.4 is 5.32 Å². The first-order valence-electron chi connectivity index (χ1n) is 5.17. The Labute approximate surface area is 92.9 Å². The van der Waals surface area contributed by atoms with E-state index in [1.165, 1.54) is 6.08 Å². The maximum absolute atomic E-state index is 11.1. The van der Waals surface area contributed by atoms with Crippen molar-refractivity contribution in [3.8, 4) is 0 Å². The van der Waals surface area contributed by atoms with Crippen LogP contribution in [-0.4, -0.2) is 28.3 Å². The van der Waals surface area contributed by atoms with E-state index in [1.807, 2.05) is 6.55 Å². The molecule has 0 aromatic carbocycles. The number of carbonyl (C=O) groups excluding carboxylic acids is 1. The molecule has 0 radical (unpaired) electrons. The van der Waals surface area contributed by atoms with Crippen LogP contribution in [-0.2, 0) is 13.6 Å². The summed E-state index contributed by atoms with van der Waals surface area (Å²) >= 11 is 0. The topological polar surface area (TPSA) is 47.6 Å². The molecule has 0 rings (SSSR count). The first-order chi connectivity index (χ1) is 7.08. The molecule has 0 saturated heterocycles. The van der Waals surface area contributed by atoms with Crippen molar-refractivity contribution in [1.82, 2.24) is 5.32 Å². The van der Waals surface area contributed by atoms with E-state index in [1.54, 1.807) is 20.1 Å². The highest BCUT2D eigenvalue weighted by atomic mass is 28.4. The minimum atomic E-state index is -2.05. The summed E-state index contributed by atoms with van der Waals surface area (Å²) in [6.45, 7) is 6.11. The van der Waals surface area contributed by atoms with Gasteiger partial charge in [0, 0.05) is 7.11 Å². The Kier molecular flexibility index (Phi) is 7.28. The zero-order valence-corrected chi connectivity index (χ0v) is 11.0. The summed E-state index contributed by atoms with van der Waals surface area (Å²) in [6, 6.07) is 0.934. The average Bonchev–Trinajstić information content (AvgIpc) is 2.18. The van der Waals surface area contributed by atoms with Gasteiger partial charge in [-0.25, -0.2) is 0 Å². The molecule has 0 aliphatic heterocycles. The van der Waals surface area contributed by atoms with Gasteiger partial charge in [0.05, 0.1) is 0 Å². The van der Waals surface area contributed by atoms with Crippen molar-refractivity contribution in [1.29, 1.82) is 0 Å². The highest BCUT2D eigenvalue weighted by Gasteiger charge is 2.28. The van der Waals surface area contributed by atoms with Crippen molar-refractivity contribution >= 4 is 14.5 Å². The molecule has 4 nitrogen and oxygen atoms in total. The molecule has 15 heavy (non-hydrogen) atoms. The molecule has 0 aromatic rings. The Morgan fingerprint density at radius 2 is 2.20 bits per heavy atom. The fourth-order valence-electron chi connectivity index (χ4n) is 1.16. The molecule has 1 atom stereocenters. The van der Waals surface area contributed by atoms with E-state index < -0.39 is 8.56 Å². The van der Waals surface area contributed by atoms with Crippen molar-refractivity contribution in [2.45, 2.75) is 32.9 Å². The molecule has 1 unspecified atom stereocenters. The van der Waals surface area contributed by atoms with Gasteiger partial charge in [0.25, 0.3) is 0 Å². The van der Waals surface area contributed by atoms with Gasteiger partial charge in [-0.1, -0.05) is 19.4 Å². The van der Waals surface area contributed by atoms with Crippen LogP contribution in [0.3, 0.4) is 0 Å². The molecule has 1 amide bonds. The van der Waals surface area contributed by atoms with E-state index in [2.05, 4.69) is 12.2 Å². The first kappa shape index (κ1) is 14.3. The lowest BCUT2D eigenvalue weighted by atomic mass is 10.5. The van der Waals surface area contributed by atoms with Gasteiger partial charge in [0.2, 0.25) is 5.91 Å². The quantitative estimate of drug-likeness (QED) is 0.413. The third-order valence-corrected chi connectivity index (χ3v) is 5.10. The number of hydrogen-bond acceptors (Lipinski definition) is 3. The zero-order valence-electron chi connectivity index (χ0n) is 10.0. The fourth-order valence-corrected chi connectivity index (χ4v) is 2.91. The Bertz CT molecular complexity index is 221. The van der Waals surface area contributed by atoms with Gasteiger partial charge in [0.1, 0.15) is 6.73 Å². The number of allylic oxidation sites excluding steroid dienone is 1. The van der Waals surface area contributed by atoms with E-state index in [0.29, 0.717) is 0 Å². The second-order valence-electron chi connectivity index (χ2n) is 3.42. The monoisotopic (exact) mass is 231 g/mol. The number of rotatable bonds is 7. The van der Waals surface area contributed by atoms with E-state index in [4.69, 9.17) is 8.85 Å². The maximum atomic E-state index is 11.1. The minimum absolute atomic E-state index is 0.138. The van der Waals surface area contributed by atoms with Crippen molar-refractivity contribution in [2.24, 2.45) is 0 Å². The summed E-state index contributed by atoms with van der Waals surface area (Å²) in [5.74, 6) is -0.138. The lowest BCUT2D eigenvalue weighted by Gasteiger charge is -2.24. The standard InChI is InChI=1S/C10H21NO3Si/c1-5-7-10(12)11-9-14-15(4,13-3)8-6-2/h5,7H,6,8-9H2,1-4H3,(H,11,12). The van der Waals surface area contributed by atoms with Gasteiger partial charge in [-0.05, 0) is 25.6 Å². The molecule has 1 N–H and O–H groups in total. The molecule has 0 aliphatic carbocycles. The lowest BCUT2D eigenvalue weighted by Crippen LogP contribution is -2.41. The second-order valence-corrected chi connectivity index (χ2v) is 6.88. The summed E-state index contributed by atoms with van der Waals surface area (Å²) in [6.07, 6.45) is 4.18. The maximum Gasteiger partial charge on any atom is 0.335 e. The molecule has 5 heteroatoms. The van der Waals surface area contributed by atoms with Gasteiger partial charge in [-0.2, -0.15) is 0 Å². The van der Waals surface area contributed by atoms with Crippen molar-refractivity contribution in [2.75, 3.05) is 13.8 Å². The van der Waals surface area contributed by atoms with Gasteiger partial charge < -0.3 is 14.2 Å². The summed E-state index contributed by atoms with van der Waals surface area (Å²) in [4.78, 5) is 11.1. The second kappa shape index (κ2) is 7.61. The molecule has 0 heterocycles. The van der Waals surface area contributed by atoms with Crippen LogP contribution in [0.15, 0.2) is 12.2 Å².